The third kappa shape index (κ3) is 4.74. The van der Waals surface area contributed by atoms with Gasteiger partial charge in [0.1, 0.15) is 5.82 Å². The molecule has 2 aromatic carbocycles. The van der Waals surface area contributed by atoms with Crippen molar-refractivity contribution in [2.24, 2.45) is 7.05 Å². The number of nitrogens with zero attached hydrogens (tertiary/aromatic N) is 3. The second-order valence-electron chi connectivity index (χ2n) is 7.02. The zero-order chi connectivity index (χ0) is 21.8. The van der Waals surface area contributed by atoms with Gasteiger partial charge in [-0.1, -0.05) is 27.5 Å². The number of aromatic nitrogens is 2. The van der Waals surface area contributed by atoms with E-state index >= 15 is 0 Å². The van der Waals surface area contributed by atoms with Crippen LogP contribution in [0.4, 0.5) is 0 Å². The summed E-state index contributed by atoms with van der Waals surface area (Å²) in [5.74, 6) is 0.365. The molecule has 1 heterocycles. The molecule has 1 amide bonds. The predicted octanol–water partition coefficient (Wildman–Crippen LogP) is 4.59. The van der Waals surface area contributed by atoms with Crippen molar-refractivity contribution in [2.75, 3.05) is 20.3 Å². The lowest BCUT2D eigenvalue weighted by molar-refractivity contribution is 0.0656. The number of hydrogen-bond acceptors (Lipinski definition) is 4. The SMILES string of the molecule is COCCCN(C(=O)c1ccc(Br)cc1)C(C)c1nc2cc(Cl)ccc2c(=O)n1C. The maximum atomic E-state index is 13.3. The van der Waals surface area contributed by atoms with Crippen LogP contribution in [0.2, 0.25) is 5.02 Å². The molecule has 1 aromatic heterocycles. The molecule has 0 saturated heterocycles. The highest BCUT2D eigenvalue weighted by Crippen LogP contribution is 2.24. The van der Waals surface area contributed by atoms with E-state index in [2.05, 4.69) is 20.9 Å². The van der Waals surface area contributed by atoms with Crippen molar-refractivity contribution in [3.05, 3.63) is 73.7 Å². The molecule has 0 fully saturated rings. The van der Waals surface area contributed by atoms with E-state index in [1.165, 1.54) is 4.57 Å². The first-order valence-electron chi connectivity index (χ1n) is 9.55. The van der Waals surface area contributed by atoms with E-state index in [0.29, 0.717) is 46.9 Å². The number of halogens is 2. The largest absolute Gasteiger partial charge is 0.385 e. The Morgan fingerprint density at radius 3 is 2.63 bits per heavy atom. The minimum Gasteiger partial charge on any atom is -0.385 e. The number of amides is 1. The molecular weight excluding hydrogens is 470 g/mol. The quantitative estimate of drug-likeness (QED) is 0.453. The lowest BCUT2D eigenvalue weighted by Crippen LogP contribution is -2.38. The molecule has 0 N–H and O–H groups in total. The monoisotopic (exact) mass is 491 g/mol. The predicted molar refractivity (Wildman–Crippen MR) is 122 cm³/mol. The number of rotatable bonds is 7. The van der Waals surface area contributed by atoms with Gasteiger partial charge in [-0.15, -0.1) is 0 Å². The van der Waals surface area contributed by atoms with Crippen LogP contribution >= 0.6 is 27.5 Å². The average molecular weight is 493 g/mol. The van der Waals surface area contributed by atoms with E-state index in [0.717, 1.165) is 4.47 Å². The first-order valence-corrected chi connectivity index (χ1v) is 10.7. The van der Waals surface area contributed by atoms with E-state index in [1.54, 1.807) is 49.4 Å². The summed E-state index contributed by atoms with van der Waals surface area (Å²) < 4.78 is 7.56. The van der Waals surface area contributed by atoms with E-state index < -0.39 is 6.04 Å². The maximum Gasteiger partial charge on any atom is 0.261 e. The summed E-state index contributed by atoms with van der Waals surface area (Å²) in [6, 6.07) is 11.8. The zero-order valence-corrected chi connectivity index (χ0v) is 19.4. The van der Waals surface area contributed by atoms with Gasteiger partial charge >= 0.3 is 0 Å². The summed E-state index contributed by atoms with van der Waals surface area (Å²) in [5, 5.41) is 0.993. The number of carbonyl (C=O) groups is 1. The Bertz CT molecular complexity index is 1120. The molecule has 0 radical (unpaired) electrons. The van der Waals surface area contributed by atoms with E-state index in [9.17, 15) is 9.59 Å². The fourth-order valence-corrected chi connectivity index (χ4v) is 3.81. The highest BCUT2D eigenvalue weighted by atomic mass is 79.9. The van der Waals surface area contributed by atoms with Crippen molar-refractivity contribution in [1.82, 2.24) is 14.5 Å². The van der Waals surface area contributed by atoms with Crippen LogP contribution in [0, 0.1) is 0 Å². The van der Waals surface area contributed by atoms with Gasteiger partial charge in [0.25, 0.3) is 11.5 Å². The van der Waals surface area contributed by atoms with Gasteiger partial charge in [0.15, 0.2) is 0 Å². The van der Waals surface area contributed by atoms with Gasteiger partial charge in [0.2, 0.25) is 0 Å². The van der Waals surface area contributed by atoms with Crippen molar-refractivity contribution in [3.8, 4) is 0 Å². The van der Waals surface area contributed by atoms with Crippen LogP contribution in [-0.2, 0) is 11.8 Å². The van der Waals surface area contributed by atoms with Crippen molar-refractivity contribution in [1.29, 1.82) is 0 Å². The smallest absolute Gasteiger partial charge is 0.261 e. The average Bonchev–Trinajstić information content (AvgIpc) is 2.73. The molecule has 3 aromatic rings. The third-order valence-corrected chi connectivity index (χ3v) is 5.78. The Morgan fingerprint density at radius 1 is 1.27 bits per heavy atom. The summed E-state index contributed by atoms with van der Waals surface area (Å²) >= 11 is 9.50. The molecule has 0 aliphatic carbocycles. The molecule has 8 heteroatoms. The van der Waals surface area contributed by atoms with E-state index in [-0.39, 0.29) is 11.5 Å². The molecule has 3 rings (SSSR count). The van der Waals surface area contributed by atoms with Gasteiger partial charge < -0.3 is 9.64 Å². The molecule has 0 aliphatic rings. The van der Waals surface area contributed by atoms with Gasteiger partial charge in [-0.3, -0.25) is 14.2 Å². The number of benzene rings is 2. The molecule has 1 atom stereocenters. The second-order valence-corrected chi connectivity index (χ2v) is 8.38. The van der Waals surface area contributed by atoms with Crippen LogP contribution in [-0.4, -0.2) is 40.6 Å². The Labute approximate surface area is 188 Å². The van der Waals surface area contributed by atoms with Crippen molar-refractivity contribution in [3.63, 3.8) is 0 Å². The molecule has 6 nitrogen and oxygen atoms in total. The number of methoxy groups -OCH3 is 1. The number of fused-ring (bicyclic) bond motifs is 1. The zero-order valence-electron chi connectivity index (χ0n) is 17.1. The molecule has 0 saturated carbocycles. The number of ether oxygens (including phenoxy) is 1. The third-order valence-electron chi connectivity index (χ3n) is 5.01. The summed E-state index contributed by atoms with van der Waals surface area (Å²) in [7, 11) is 3.30. The Hall–Kier alpha value is -2.22. The van der Waals surface area contributed by atoms with Crippen LogP contribution in [0.25, 0.3) is 10.9 Å². The minimum absolute atomic E-state index is 0.133. The lowest BCUT2D eigenvalue weighted by Gasteiger charge is -2.30. The minimum atomic E-state index is -0.431. The number of carbonyl (C=O) groups excluding carboxylic acids is 1. The first kappa shape index (κ1) is 22.5. The standard InChI is InChI=1S/C22H23BrClN3O3/c1-14(20-25-19-13-17(24)9-10-18(19)22(29)26(20)2)27(11-4-12-30-3)21(28)15-5-7-16(23)8-6-15/h5-10,13-14H,4,11-12H2,1-3H3. The van der Waals surface area contributed by atoms with Crippen LogP contribution in [0.15, 0.2) is 51.7 Å². The molecule has 0 spiro atoms. The highest BCUT2D eigenvalue weighted by Gasteiger charge is 2.26. The van der Waals surface area contributed by atoms with E-state index in [4.69, 9.17) is 16.3 Å². The van der Waals surface area contributed by atoms with Crippen molar-refractivity contribution >= 4 is 44.3 Å². The molecule has 0 bridgehead atoms. The van der Waals surface area contributed by atoms with Gasteiger partial charge in [-0.25, -0.2) is 4.98 Å². The fourth-order valence-electron chi connectivity index (χ4n) is 3.38. The molecule has 30 heavy (non-hydrogen) atoms. The second kappa shape index (κ2) is 9.73. The molecule has 1 unspecified atom stereocenters. The Morgan fingerprint density at radius 2 is 1.97 bits per heavy atom. The van der Waals surface area contributed by atoms with Crippen molar-refractivity contribution in [2.45, 2.75) is 19.4 Å². The summed E-state index contributed by atoms with van der Waals surface area (Å²) in [4.78, 5) is 32.6. The molecule has 0 aliphatic heterocycles. The summed E-state index contributed by atoms with van der Waals surface area (Å²) in [5.41, 5.74) is 0.906. The van der Waals surface area contributed by atoms with E-state index in [1.807, 2.05) is 19.1 Å². The number of hydrogen-bond donors (Lipinski definition) is 0. The van der Waals surface area contributed by atoms with Crippen LogP contribution in [0.5, 0.6) is 0 Å². The van der Waals surface area contributed by atoms with Crippen LogP contribution < -0.4 is 5.56 Å². The summed E-state index contributed by atoms with van der Waals surface area (Å²) in [6.45, 7) is 2.87. The fraction of sp³-hybridized carbons (Fsp3) is 0.318. The maximum absolute atomic E-state index is 13.3. The topological polar surface area (TPSA) is 64.4 Å². The highest BCUT2D eigenvalue weighted by molar-refractivity contribution is 9.10. The summed E-state index contributed by atoms with van der Waals surface area (Å²) in [6.07, 6.45) is 0.663. The molecular formula is C22H23BrClN3O3. The van der Waals surface area contributed by atoms with Gasteiger partial charge in [0, 0.05) is 42.4 Å². The first-order chi connectivity index (χ1) is 14.3. The lowest BCUT2D eigenvalue weighted by atomic mass is 10.1. The Balaban J connectivity index is 2.04. The van der Waals surface area contributed by atoms with Gasteiger partial charge in [0.05, 0.1) is 16.9 Å². The van der Waals surface area contributed by atoms with Crippen LogP contribution in [0.1, 0.15) is 35.6 Å². The van der Waals surface area contributed by atoms with Crippen LogP contribution in [0.3, 0.4) is 0 Å². The Kier molecular flexibility index (Phi) is 7.28. The van der Waals surface area contributed by atoms with Gasteiger partial charge in [-0.05, 0) is 55.8 Å². The van der Waals surface area contributed by atoms with Gasteiger partial charge in [-0.2, -0.15) is 0 Å². The molecule has 158 valence electrons. The van der Waals surface area contributed by atoms with Crippen molar-refractivity contribution < 1.29 is 9.53 Å². The normalized spacial score (nSPS) is 12.2.